The SMILES string of the molecule is CC1(F)[C@@H](O)[C@@H](COP(=O)(O)O)O[C@H]1n1cnc2c(N)nc(N)nc21. The molecule has 0 radical (unpaired) electrons. The number of ether oxygens (including phenoxy) is 1. The van der Waals surface area contributed by atoms with E-state index in [1.54, 1.807) is 0 Å². The Morgan fingerprint density at radius 1 is 1.48 bits per heavy atom. The number of phosphoric acid groups is 1. The lowest BCUT2D eigenvalue weighted by Gasteiger charge is -2.24. The zero-order valence-corrected chi connectivity index (χ0v) is 13.7. The van der Waals surface area contributed by atoms with Gasteiger partial charge in [0, 0.05) is 0 Å². The first-order valence-electron chi connectivity index (χ1n) is 6.98. The van der Waals surface area contributed by atoms with E-state index in [-0.39, 0.29) is 22.9 Å². The van der Waals surface area contributed by atoms with E-state index >= 15 is 4.39 Å². The lowest BCUT2D eigenvalue weighted by molar-refractivity contribution is -0.0560. The summed E-state index contributed by atoms with van der Waals surface area (Å²) in [4.78, 5) is 29.2. The van der Waals surface area contributed by atoms with E-state index in [0.717, 1.165) is 6.92 Å². The first-order chi connectivity index (χ1) is 11.5. The minimum atomic E-state index is -4.80. The molecule has 0 saturated carbocycles. The van der Waals surface area contributed by atoms with Crippen molar-refractivity contribution in [1.29, 1.82) is 0 Å². The highest BCUT2D eigenvalue weighted by Gasteiger charge is 2.55. The molecule has 1 fully saturated rings. The van der Waals surface area contributed by atoms with E-state index in [1.807, 2.05) is 0 Å². The molecule has 0 amide bonds. The number of fused-ring (bicyclic) bond motifs is 1. The van der Waals surface area contributed by atoms with Gasteiger partial charge in [-0.1, -0.05) is 0 Å². The van der Waals surface area contributed by atoms with Gasteiger partial charge in [0.1, 0.15) is 17.7 Å². The average Bonchev–Trinajstić information content (AvgIpc) is 2.97. The van der Waals surface area contributed by atoms with Gasteiger partial charge in [0.25, 0.3) is 0 Å². The molecule has 0 spiro atoms. The highest BCUT2D eigenvalue weighted by molar-refractivity contribution is 7.46. The molecule has 0 aliphatic carbocycles. The van der Waals surface area contributed by atoms with Crippen molar-refractivity contribution in [1.82, 2.24) is 19.5 Å². The molecule has 138 valence electrons. The summed E-state index contributed by atoms with van der Waals surface area (Å²) in [5.41, 5.74) is 9.13. The molecule has 3 rings (SSSR count). The Labute approximate surface area is 139 Å². The maximum absolute atomic E-state index is 15.1. The molecule has 1 saturated heterocycles. The van der Waals surface area contributed by atoms with Gasteiger partial charge in [-0.2, -0.15) is 9.97 Å². The molecule has 1 aliphatic heterocycles. The van der Waals surface area contributed by atoms with Crippen molar-refractivity contribution in [3.8, 4) is 0 Å². The van der Waals surface area contributed by atoms with E-state index in [0.29, 0.717) is 0 Å². The molecule has 25 heavy (non-hydrogen) atoms. The molecule has 12 nitrogen and oxygen atoms in total. The Kier molecular flexibility index (Phi) is 4.18. The molecule has 4 atom stereocenters. The number of aliphatic hydroxyl groups excluding tert-OH is 1. The quantitative estimate of drug-likeness (QED) is 0.413. The summed E-state index contributed by atoms with van der Waals surface area (Å²) < 4.78 is 36.7. The smallest absolute Gasteiger partial charge is 0.387 e. The van der Waals surface area contributed by atoms with Gasteiger partial charge in [-0.25, -0.2) is 13.9 Å². The molecule has 0 aromatic carbocycles. The number of hydrogen-bond donors (Lipinski definition) is 5. The van der Waals surface area contributed by atoms with Gasteiger partial charge < -0.3 is 31.1 Å². The summed E-state index contributed by atoms with van der Waals surface area (Å²) in [5, 5.41) is 10.1. The van der Waals surface area contributed by atoms with Crippen LogP contribution in [-0.4, -0.2) is 58.9 Å². The van der Waals surface area contributed by atoms with Crippen LogP contribution in [0.2, 0.25) is 0 Å². The number of anilines is 2. The molecule has 7 N–H and O–H groups in total. The Morgan fingerprint density at radius 2 is 2.16 bits per heavy atom. The predicted octanol–water partition coefficient (Wildman–Crippen LogP) is -0.913. The van der Waals surface area contributed by atoms with Crippen LogP contribution in [0.3, 0.4) is 0 Å². The number of nitrogen functional groups attached to an aromatic ring is 2. The van der Waals surface area contributed by atoms with Gasteiger partial charge in [0.15, 0.2) is 23.4 Å². The van der Waals surface area contributed by atoms with Gasteiger partial charge in [0.2, 0.25) is 5.95 Å². The third kappa shape index (κ3) is 3.17. The fourth-order valence-corrected chi connectivity index (χ4v) is 2.99. The van der Waals surface area contributed by atoms with E-state index < -0.39 is 38.5 Å². The second kappa shape index (κ2) is 5.83. The third-order valence-electron chi connectivity index (χ3n) is 3.84. The number of nitrogens with two attached hydrogens (primary N) is 2. The van der Waals surface area contributed by atoms with Crippen LogP contribution in [0.15, 0.2) is 6.33 Å². The maximum Gasteiger partial charge on any atom is 0.469 e. The van der Waals surface area contributed by atoms with Gasteiger partial charge in [-0.05, 0) is 6.92 Å². The predicted molar refractivity (Wildman–Crippen MR) is 81.6 cm³/mol. The van der Waals surface area contributed by atoms with Crippen molar-refractivity contribution in [3.63, 3.8) is 0 Å². The van der Waals surface area contributed by atoms with Crippen LogP contribution in [0.1, 0.15) is 13.2 Å². The Morgan fingerprint density at radius 3 is 2.80 bits per heavy atom. The molecular formula is C11H16FN6O6P. The molecule has 2 aromatic heterocycles. The monoisotopic (exact) mass is 378 g/mol. The summed E-state index contributed by atoms with van der Waals surface area (Å²) in [7, 11) is -4.80. The van der Waals surface area contributed by atoms with Crippen molar-refractivity contribution < 1.29 is 33.1 Å². The normalized spacial score (nSPS) is 30.2. The topological polar surface area (TPSA) is 192 Å². The molecule has 0 bridgehead atoms. The largest absolute Gasteiger partial charge is 0.469 e. The summed E-state index contributed by atoms with van der Waals surface area (Å²) >= 11 is 0. The minimum absolute atomic E-state index is 0.0123. The van der Waals surface area contributed by atoms with Gasteiger partial charge in [-0.3, -0.25) is 9.09 Å². The molecule has 3 heterocycles. The van der Waals surface area contributed by atoms with Crippen molar-refractivity contribution >= 4 is 30.8 Å². The van der Waals surface area contributed by atoms with Gasteiger partial charge in [0.05, 0.1) is 12.9 Å². The highest BCUT2D eigenvalue weighted by Crippen LogP contribution is 2.44. The van der Waals surface area contributed by atoms with Crippen molar-refractivity contribution in [2.24, 2.45) is 0 Å². The third-order valence-corrected chi connectivity index (χ3v) is 4.33. The number of alkyl halides is 1. The van der Waals surface area contributed by atoms with E-state index in [2.05, 4.69) is 19.5 Å². The number of imidazole rings is 1. The van der Waals surface area contributed by atoms with Crippen LogP contribution in [-0.2, 0) is 13.8 Å². The number of rotatable bonds is 4. The molecule has 2 aromatic rings. The molecule has 1 unspecified atom stereocenters. The summed E-state index contributed by atoms with van der Waals surface area (Å²) in [6.45, 7) is 0.354. The molecule has 1 aliphatic rings. The van der Waals surface area contributed by atoms with Crippen LogP contribution >= 0.6 is 7.82 Å². The Bertz CT molecular complexity index is 855. The first-order valence-corrected chi connectivity index (χ1v) is 8.52. The van der Waals surface area contributed by atoms with Crippen LogP contribution in [0.5, 0.6) is 0 Å². The minimum Gasteiger partial charge on any atom is -0.387 e. The fourth-order valence-electron chi connectivity index (χ4n) is 2.65. The summed E-state index contributed by atoms with van der Waals surface area (Å²) in [6, 6.07) is 0. The molecule has 14 heteroatoms. The second-order valence-electron chi connectivity index (χ2n) is 5.70. The van der Waals surface area contributed by atoms with Crippen LogP contribution < -0.4 is 11.5 Å². The summed E-state index contributed by atoms with van der Waals surface area (Å²) in [5.74, 6) is -0.172. The lowest BCUT2D eigenvalue weighted by atomic mass is 9.98. The van der Waals surface area contributed by atoms with Crippen molar-refractivity contribution in [3.05, 3.63) is 6.33 Å². The molecular weight excluding hydrogens is 362 g/mol. The zero-order valence-electron chi connectivity index (χ0n) is 12.9. The number of aromatic nitrogens is 4. The standard InChI is InChI=1S/C11H16FN6O6P/c1-11(12)6(19)4(2-23-25(20,21)22)24-9(11)18-3-15-5-7(13)16-10(14)17-8(5)18/h3-4,6,9,19H,2H2,1H3,(H2,20,21,22)(H4,13,14,16,17)/t4-,6+,9-,11?/m1/s1. The van der Waals surface area contributed by atoms with Gasteiger partial charge >= 0.3 is 7.82 Å². The zero-order chi connectivity index (χ0) is 18.6. The first kappa shape index (κ1) is 17.9. The van der Waals surface area contributed by atoms with E-state index in [4.69, 9.17) is 26.0 Å². The number of hydrogen-bond acceptors (Lipinski definition) is 9. The number of phosphoric ester groups is 1. The number of nitrogens with zero attached hydrogens (tertiary/aromatic N) is 4. The second-order valence-corrected chi connectivity index (χ2v) is 6.94. The lowest BCUT2D eigenvalue weighted by Crippen LogP contribution is -2.40. The number of halogens is 1. The van der Waals surface area contributed by atoms with Crippen LogP contribution in [0.25, 0.3) is 11.2 Å². The fraction of sp³-hybridized carbons (Fsp3) is 0.545. The van der Waals surface area contributed by atoms with Crippen molar-refractivity contribution in [2.45, 2.75) is 31.0 Å². The van der Waals surface area contributed by atoms with E-state index in [9.17, 15) is 9.67 Å². The average molecular weight is 378 g/mol. The van der Waals surface area contributed by atoms with Crippen LogP contribution in [0.4, 0.5) is 16.2 Å². The maximum atomic E-state index is 15.1. The van der Waals surface area contributed by atoms with Crippen LogP contribution in [0, 0.1) is 0 Å². The highest BCUT2D eigenvalue weighted by atomic mass is 31.2. The number of aliphatic hydroxyl groups is 1. The van der Waals surface area contributed by atoms with E-state index in [1.165, 1.54) is 10.9 Å². The Balaban J connectivity index is 1.96. The van der Waals surface area contributed by atoms with Crippen molar-refractivity contribution in [2.75, 3.05) is 18.1 Å². The summed E-state index contributed by atoms with van der Waals surface area (Å²) in [6.07, 6.45) is -3.28. The van der Waals surface area contributed by atoms with Gasteiger partial charge in [-0.15, -0.1) is 0 Å². The Hall–Kier alpha value is -1.89.